The summed E-state index contributed by atoms with van der Waals surface area (Å²) in [5.74, 6) is -2.70. The third-order valence-electron chi connectivity index (χ3n) is 5.82. The van der Waals surface area contributed by atoms with Crippen LogP contribution in [0.25, 0.3) is 16.9 Å². The lowest BCUT2D eigenvalue weighted by molar-refractivity contribution is 0.0661. The summed E-state index contributed by atoms with van der Waals surface area (Å²) in [6, 6.07) is 3.81. The van der Waals surface area contributed by atoms with Crippen molar-refractivity contribution in [3.63, 3.8) is 0 Å². The van der Waals surface area contributed by atoms with Crippen LogP contribution in [0.5, 0.6) is 0 Å². The molecular weight excluding hydrogens is 451 g/mol. The second kappa shape index (κ2) is 7.97. The second-order valence-corrected chi connectivity index (χ2v) is 7.96. The number of hydrogen-bond acceptors (Lipinski definition) is 5. The number of pyridine rings is 1. The van der Waals surface area contributed by atoms with E-state index in [-0.39, 0.29) is 11.5 Å². The molecule has 1 aliphatic rings. The van der Waals surface area contributed by atoms with Crippen molar-refractivity contribution >= 4 is 5.91 Å². The fourth-order valence-electron chi connectivity index (χ4n) is 4.30. The number of nitrogens with zero attached hydrogens (tertiary/aromatic N) is 6. The number of carbonyl (C=O) groups is 1. The number of carbonyl (C=O) groups excluding carboxylic acids is 1. The van der Waals surface area contributed by atoms with Gasteiger partial charge in [0.1, 0.15) is 29.5 Å². The Kier molecular flexibility index (Phi) is 5.07. The predicted molar refractivity (Wildman–Crippen MR) is 114 cm³/mol. The zero-order valence-electron chi connectivity index (χ0n) is 18.1. The van der Waals surface area contributed by atoms with Crippen LogP contribution < -0.4 is 5.56 Å². The number of aromatic nitrogens is 6. The molecule has 1 aliphatic heterocycles. The van der Waals surface area contributed by atoms with Gasteiger partial charge in [0.25, 0.3) is 11.5 Å². The highest BCUT2D eigenvalue weighted by atomic mass is 19.1. The molecular formula is C22H18F3N7O2. The third-order valence-corrected chi connectivity index (χ3v) is 5.82. The first-order chi connectivity index (χ1) is 16.2. The van der Waals surface area contributed by atoms with E-state index >= 15 is 0 Å². The Morgan fingerprint density at radius 1 is 1.09 bits per heavy atom. The molecule has 174 valence electrons. The summed E-state index contributed by atoms with van der Waals surface area (Å²) in [5, 5.41) is 8.57. The number of H-pyrrole nitrogens is 1. The van der Waals surface area contributed by atoms with Crippen molar-refractivity contribution in [1.82, 2.24) is 34.4 Å². The molecule has 5 rings (SSSR count). The first-order valence-electron chi connectivity index (χ1n) is 10.4. The number of fused-ring (bicyclic) bond motifs is 1. The zero-order valence-corrected chi connectivity index (χ0v) is 18.1. The highest BCUT2D eigenvalue weighted by Crippen LogP contribution is 2.36. The topological polar surface area (TPSA) is 102 Å². The molecule has 0 fully saturated rings. The Bertz CT molecular complexity index is 1470. The number of nitrogens with one attached hydrogen (secondary N) is 1. The van der Waals surface area contributed by atoms with Gasteiger partial charge in [-0.25, -0.2) is 22.8 Å². The number of benzene rings is 1. The summed E-state index contributed by atoms with van der Waals surface area (Å²) in [5.41, 5.74) is 1.64. The van der Waals surface area contributed by atoms with Crippen LogP contribution in [0.15, 0.2) is 41.6 Å². The van der Waals surface area contributed by atoms with Gasteiger partial charge in [0, 0.05) is 43.0 Å². The number of hydrogen-bond donors (Lipinski definition) is 1. The number of halogens is 3. The molecule has 0 saturated carbocycles. The van der Waals surface area contributed by atoms with Gasteiger partial charge in [-0.15, -0.1) is 5.10 Å². The van der Waals surface area contributed by atoms with Gasteiger partial charge in [0.05, 0.1) is 17.4 Å². The van der Waals surface area contributed by atoms with Crippen molar-refractivity contribution in [2.75, 3.05) is 6.54 Å². The van der Waals surface area contributed by atoms with Crippen molar-refractivity contribution in [3.8, 4) is 16.9 Å². The number of amides is 1. The maximum atomic E-state index is 13.8. The van der Waals surface area contributed by atoms with Gasteiger partial charge in [-0.3, -0.25) is 14.3 Å². The minimum absolute atomic E-state index is 0.114. The summed E-state index contributed by atoms with van der Waals surface area (Å²) in [6.07, 6.45) is 2.48. The van der Waals surface area contributed by atoms with Gasteiger partial charge in [0.2, 0.25) is 5.82 Å². The molecule has 0 spiro atoms. The molecule has 9 nitrogen and oxygen atoms in total. The first kappa shape index (κ1) is 21.6. The first-order valence-corrected chi connectivity index (χ1v) is 10.4. The van der Waals surface area contributed by atoms with E-state index in [1.165, 1.54) is 17.0 Å². The van der Waals surface area contributed by atoms with Gasteiger partial charge in [-0.1, -0.05) is 0 Å². The van der Waals surface area contributed by atoms with Crippen LogP contribution >= 0.6 is 0 Å². The molecule has 0 aliphatic carbocycles. The van der Waals surface area contributed by atoms with Crippen LogP contribution in [0.1, 0.15) is 34.8 Å². The van der Waals surface area contributed by atoms with E-state index in [2.05, 4.69) is 20.2 Å². The quantitative estimate of drug-likeness (QED) is 0.497. The normalized spacial score (nSPS) is 15.4. The van der Waals surface area contributed by atoms with E-state index in [1.807, 2.05) is 0 Å². The van der Waals surface area contributed by atoms with E-state index in [0.717, 1.165) is 34.9 Å². The van der Waals surface area contributed by atoms with Crippen LogP contribution in [0.4, 0.5) is 13.2 Å². The summed E-state index contributed by atoms with van der Waals surface area (Å²) in [7, 11) is 1.68. The van der Waals surface area contributed by atoms with Crippen LogP contribution in [-0.4, -0.2) is 46.9 Å². The number of aryl methyl sites for hydroxylation is 1. The summed E-state index contributed by atoms with van der Waals surface area (Å²) < 4.78 is 43.7. The molecule has 1 N–H and O–H groups in total. The molecule has 0 saturated heterocycles. The average molecular weight is 469 g/mol. The van der Waals surface area contributed by atoms with E-state index in [9.17, 15) is 22.8 Å². The monoisotopic (exact) mass is 469 g/mol. The lowest BCUT2D eigenvalue weighted by Crippen LogP contribution is -2.39. The Morgan fingerprint density at radius 2 is 1.82 bits per heavy atom. The molecule has 12 heteroatoms. The molecule has 3 aromatic heterocycles. The van der Waals surface area contributed by atoms with Crippen LogP contribution in [0.3, 0.4) is 0 Å². The third kappa shape index (κ3) is 3.56. The molecule has 1 amide bonds. The minimum Gasteiger partial charge on any atom is -0.327 e. The average Bonchev–Trinajstić information content (AvgIpc) is 3.39. The van der Waals surface area contributed by atoms with E-state index < -0.39 is 35.0 Å². The van der Waals surface area contributed by atoms with Crippen molar-refractivity contribution in [1.29, 1.82) is 0 Å². The Balaban J connectivity index is 1.46. The molecule has 4 aromatic rings. The van der Waals surface area contributed by atoms with Crippen molar-refractivity contribution in [2.24, 2.45) is 7.05 Å². The Hall–Kier alpha value is -4.22. The zero-order chi connectivity index (χ0) is 24.1. The molecule has 4 heterocycles. The van der Waals surface area contributed by atoms with Crippen LogP contribution in [0, 0.1) is 17.5 Å². The van der Waals surface area contributed by atoms with Crippen molar-refractivity contribution in [3.05, 3.63) is 81.7 Å². The van der Waals surface area contributed by atoms with Gasteiger partial charge < -0.3 is 9.88 Å². The lowest BCUT2D eigenvalue weighted by Gasteiger charge is -2.32. The smallest absolute Gasteiger partial charge is 0.294 e. The SMILES string of the molecule is C[C@H]1c2nn(C)c(-c3cc(F)cc(F)c3)c2CCN1C(=O)c1ncn(-c2cc(F)c[nH]c2=O)n1. The highest BCUT2D eigenvalue weighted by Gasteiger charge is 2.34. The van der Waals surface area contributed by atoms with Gasteiger partial charge in [0.15, 0.2) is 0 Å². The van der Waals surface area contributed by atoms with E-state index in [0.29, 0.717) is 29.9 Å². The molecule has 1 aromatic carbocycles. The summed E-state index contributed by atoms with van der Waals surface area (Å²) in [4.78, 5) is 32.9. The maximum absolute atomic E-state index is 13.8. The summed E-state index contributed by atoms with van der Waals surface area (Å²) >= 11 is 0. The Morgan fingerprint density at radius 3 is 2.56 bits per heavy atom. The number of rotatable bonds is 3. The lowest BCUT2D eigenvalue weighted by atomic mass is 9.95. The Labute approximate surface area is 190 Å². The van der Waals surface area contributed by atoms with Crippen LogP contribution in [-0.2, 0) is 13.5 Å². The van der Waals surface area contributed by atoms with E-state index in [1.54, 1.807) is 18.7 Å². The van der Waals surface area contributed by atoms with Gasteiger partial charge in [-0.05, 0) is 25.5 Å². The van der Waals surface area contributed by atoms with Crippen molar-refractivity contribution in [2.45, 2.75) is 19.4 Å². The van der Waals surface area contributed by atoms with Gasteiger partial charge >= 0.3 is 0 Å². The summed E-state index contributed by atoms with van der Waals surface area (Å²) in [6.45, 7) is 2.08. The molecule has 0 unspecified atom stereocenters. The standard InChI is InChI=1S/C22H18F3N7O2/c1-11-18-16(19(30(2)28-18)12-5-13(23)7-14(24)6-12)3-4-31(11)22(34)20-27-10-32(29-20)17-8-15(25)9-26-21(17)33/h5-11H,3-4H2,1-2H3,(H,26,33)/t11-/m0/s1. The van der Waals surface area contributed by atoms with E-state index in [4.69, 9.17) is 0 Å². The number of aromatic amines is 1. The predicted octanol–water partition coefficient (Wildman–Crippen LogP) is 2.53. The maximum Gasteiger partial charge on any atom is 0.294 e. The molecule has 0 radical (unpaired) electrons. The molecule has 0 bridgehead atoms. The largest absolute Gasteiger partial charge is 0.327 e. The molecule has 1 atom stereocenters. The fourth-order valence-corrected chi connectivity index (χ4v) is 4.30. The molecule has 34 heavy (non-hydrogen) atoms. The highest BCUT2D eigenvalue weighted by molar-refractivity contribution is 5.91. The van der Waals surface area contributed by atoms with Crippen LogP contribution in [0.2, 0.25) is 0 Å². The minimum atomic E-state index is -0.690. The van der Waals surface area contributed by atoms with Gasteiger partial charge in [-0.2, -0.15) is 5.10 Å². The fraction of sp³-hybridized carbons (Fsp3) is 0.227. The second-order valence-electron chi connectivity index (χ2n) is 7.96. The van der Waals surface area contributed by atoms with Crippen molar-refractivity contribution < 1.29 is 18.0 Å².